The lowest BCUT2D eigenvalue weighted by Crippen LogP contribution is -1.83. The summed E-state index contributed by atoms with van der Waals surface area (Å²) < 4.78 is 12.0. The number of halogens is 1. The molecule has 2 heterocycles. The number of ether oxygens (including phenoxy) is 1. The maximum Gasteiger partial charge on any atom is 0.247 e. The molecule has 2 aromatic heterocycles. The third kappa shape index (κ3) is 4.20. The summed E-state index contributed by atoms with van der Waals surface area (Å²) in [6, 6.07) is 15.4. The van der Waals surface area contributed by atoms with E-state index in [0.29, 0.717) is 28.5 Å². The van der Waals surface area contributed by atoms with E-state index >= 15 is 0 Å². The van der Waals surface area contributed by atoms with Crippen molar-refractivity contribution in [2.45, 2.75) is 10.9 Å². The highest BCUT2D eigenvalue weighted by molar-refractivity contribution is 9.10. The van der Waals surface area contributed by atoms with E-state index in [-0.39, 0.29) is 0 Å². The Morgan fingerprint density at radius 1 is 1.11 bits per heavy atom. The van der Waals surface area contributed by atoms with Gasteiger partial charge < -0.3 is 9.15 Å². The van der Waals surface area contributed by atoms with Gasteiger partial charge in [-0.2, -0.15) is 0 Å². The van der Waals surface area contributed by atoms with E-state index in [0.717, 1.165) is 21.3 Å². The van der Waals surface area contributed by atoms with E-state index in [9.17, 15) is 0 Å². The second-order valence-corrected chi connectivity index (χ2v) is 7.35. The second kappa shape index (κ2) is 7.93. The van der Waals surface area contributed by atoms with E-state index < -0.39 is 0 Å². The molecule has 0 aliphatic rings. The summed E-state index contributed by atoms with van der Waals surface area (Å²) >= 11 is 4.84. The Kier molecular flexibility index (Phi) is 5.21. The van der Waals surface area contributed by atoms with Gasteiger partial charge in [0.25, 0.3) is 0 Å². The van der Waals surface area contributed by atoms with Gasteiger partial charge in [0.2, 0.25) is 16.9 Å². The van der Waals surface area contributed by atoms with Gasteiger partial charge in [0, 0.05) is 15.6 Å². The summed E-state index contributed by atoms with van der Waals surface area (Å²) in [5.74, 6) is 2.90. The van der Waals surface area contributed by atoms with Crippen molar-refractivity contribution in [2.24, 2.45) is 0 Å². The van der Waals surface area contributed by atoms with Crippen molar-refractivity contribution in [3.63, 3.8) is 0 Å². The molecule has 7 nitrogen and oxygen atoms in total. The maximum absolute atomic E-state index is 5.73. The van der Waals surface area contributed by atoms with Gasteiger partial charge in [0.15, 0.2) is 5.82 Å². The predicted molar refractivity (Wildman–Crippen MR) is 105 cm³/mol. The van der Waals surface area contributed by atoms with E-state index in [2.05, 4.69) is 41.3 Å². The van der Waals surface area contributed by atoms with Crippen molar-refractivity contribution in [3.05, 3.63) is 58.9 Å². The van der Waals surface area contributed by atoms with Crippen LogP contribution in [0, 0.1) is 0 Å². The van der Waals surface area contributed by atoms with Crippen LogP contribution < -0.4 is 4.74 Å². The number of aromatic nitrogens is 5. The number of rotatable bonds is 6. The number of thioether (sulfide) groups is 1. The number of H-pyrrole nitrogens is 1. The number of hydrogen-bond acceptors (Lipinski definition) is 7. The molecule has 9 heteroatoms. The van der Waals surface area contributed by atoms with Gasteiger partial charge in [-0.05, 0) is 30.3 Å². The molecule has 0 saturated heterocycles. The summed E-state index contributed by atoms with van der Waals surface area (Å²) in [6.07, 6.45) is 0. The van der Waals surface area contributed by atoms with Crippen LogP contribution in [0.1, 0.15) is 5.89 Å². The first-order valence-electron chi connectivity index (χ1n) is 7.99. The molecule has 0 fully saturated rings. The lowest BCUT2D eigenvalue weighted by Gasteiger charge is -2.00. The number of hydrogen-bond donors (Lipinski definition) is 1. The molecule has 0 spiro atoms. The Morgan fingerprint density at radius 2 is 1.96 bits per heavy atom. The predicted octanol–water partition coefficient (Wildman–Crippen LogP) is 4.59. The second-order valence-electron chi connectivity index (χ2n) is 5.50. The van der Waals surface area contributed by atoms with E-state index in [1.807, 2.05) is 48.5 Å². The molecule has 0 saturated carbocycles. The third-order valence-corrected chi connectivity index (χ3v) is 5.05. The van der Waals surface area contributed by atoms with Crippen molar-refractivity contribution in [1.82, 2.24) is 25.4 Å². The maximum atomic E-state index is 5.73. The Balaban J connectivity index is 1.42. The Labute approximate surface area is 167 Å². The molecule has 27 heavy (non-hydrogen) atoms. The van der Waals surface area contributed by atoms with Crippen LogP contribution in [0.25, 0.3) is 22.8 Å². The zero-order valence-corrected chi connectivity index (χ0v) is 16.6. The van der Waals surface area contributed by atoms with Crippen molar-refractivity contribution < 1.29 is 9.15 Å². The average Bonchev–Trinajstić information content (AvgIpc) is 3.37. The smallest absolute Gasteiger partial charge is 0.247 e. The Hall–Kier alpha value is -2.65. The van der Waals surface area contributed by atoms with Gasteiger partial charge in [-0.25, -0.2) is 4.98 Å². The van der Waals surface area contributed by atoms with Gasteiger partial charge in [-0.3, -0.25) is 5.10 Å². The molecule has 0 aliphatic heterocycles. The van der Waals surface area contributed by atoms with Crippen LogP contribution in [-0.2, 0) is 5.75 Å². The fraction of sp³-hybridized carbons (Fsp3) is 0.111. The average molecular weight is 444 g/mol. The first-order chi connectivity index (χ1) is 13.2. The van der Waals surface area contributed by atoms with Crippen LogP contribution in [0.5, 0.6) is 5.75 Å². The normalized spacial score (nSPS) is 10.9. The van der Waals surface area contributed by atoms with Crippen molar-refractivity contribution >= 4 is 27.7 Å². The van der Waals surface area contributed by atoms with E-state index in [4.69, 9.17) is 9.15 Å². The fourth-order valence-corrected chi connectivity index (χ4v) is 3.26. The van der Waals surface area contributed by atoms with E-state index in [1.54, 1.807) is 7.11 Å². The van der Waals surface area contributed by atoms with Gasteiger partial charge in [0.1, 0.15) is 5.75 Å². The molecule has 4 aromatic rings. The van der Waals surface area contributed by atoms with Gasteiger partial charge in [0.05, 0.1) is 12.9 Å². The number of aromatic amines is 1. The van der Waals surface area contributed by atoms with Gasteiger partial charge >= 0.3 is 0 Å². The van der Waals surface area contributed by atoms with Crippen molar-refractivity contribution in [3.8, 4) is 28.6 Å². The largest absolute Gasteiger partial charge is 0.497 e. The molecule has 0 bridgehead atoms. The molecule has 0 atom stereocenters. The van der Waals surface area contributed by atoms with Crippen LogP contribution in [0.2, 0.25) is 0 Å². The third-order valence-electron chi connectivity index (χ3n) is 3.69. The summed E-state index contributed by atoms with van der Waals surface area (Å²) in [5, 5.41) is 16.0. The van der Waals surface area contributed by atoms with Crippen molar-refractivity contribution in [1.29, 1.82) is 0 Å². The summed E-state index contributed by atoms with van der Waals surface area (Å²) in [4.78, 5) is 4.49. The molecule has 1 N–H and O–H groups in total. The highest BCUT2D eigenvalue weighted by Crippen LogP contribution is 2.26. The lowest BCUT2D eigenvalue weighted by atomic mass is 10.2. The molecule has 0 radical (unpaired) electrons. The summed E-state index contributed by atoms with van der Waals surface area (Å²) in [5.41, 5.74) is 1.78. The first kappa shape index (κ1) is 17.7. The first-order valence-corrected chi connectivity index (χ1v) is 9.77. The molecule has 4 rings (SSSR count). The van der Waals surface area contributed by atoms with Crippen molar-refractivity contribution in [2.75, 3.05) is 7.11 Å². The molecule has 0 aliphatic carbocycles. The van der Waals surface area contributed by atoms with E-state index in [1.165, 1.54) is 11.8 Å². The summed E-state index contributed by atoms with van der Waals surface area (Å²) in [7, 11) is 1.62. The molecule has 136 valence electrons. The number of methoxy groups -OCH3 is 1. The SMILES string of the molecule is COc1cccc(-c2nnc(CSc3n[nH]c(-c4ccc(Br)cc4)n3)o2)c1. The van der Waals surface area contributed by atoms with Crippen LogP contribution >= 0.6 is 27.7 Å². The molecule has 0 amide bonds. The minimum Gasteiger partial charge on any atom is -0.497 e. The molecular weight excluding hydrogens is 430 g/mol. The molecular formula is C18H14BrN5O2S. The molecule has 2 aromatic carbocycles. The minimum atomic E-state index is 0.454. The Bertz CT molecular complexity index is 1050. The highest BCUT2D eigenvalue weighted by atomic mass is 79.9. The molecule has 0 unspecified atom stereocenters. The van der Waals surface area contributed by atoms with Crippen LogP contribution in [0.15, 0.2) is 62.6 Å². The fourth-order valence-electron chi connectivity index (χ4n) is 2.36. The summed E-state index contributed by atoms with van der Waals surface area (Å²) in [6.45, 7) is 0. The minimum absolute atomic E-state index is 0.454. The van der Waals surface area contributed by atoms with Gasteiger partial charge in [-0.1, -0.05) is 45.9 Å². The lowest BCUT2D eigenvalue weighted by molar-refractivity contribution is 0.414. The topological polar surface area (TPSA) is 89.7 Å². The monoisotopic (exact) mass is 443 g/mol. The number of nitrogens with zero attached hydrogens (tertiary/aromatic N) is 4. The quantitative estimate of drug-likeness (QED) is 0.435. The Morgan fingerprint density at radius 3 is 2.78 bits per heavy atom. The van der Waals surface area contributed by atoms with Crippen LogP contribution in [0.4, 0.5) is 0 Å². The zero-order chi connectivity index (χ0) is 18.6. The van der Waals surface area contributed by atoms with Gasteiger partial charge in [-0.15, -0.1) is 15.3 Å². The van der Waals surface area contributed by atoms with Crippen LogP contribution in [0.3, 0.4) is 0 Å². The number of benzene rings is 2. The highest BCUT2D eigenvalue weighted by Gasteiger charge is 2.12. The number of nitrogens with one attached hydrogen (secondary N) is 1. The van der Waals surface area contributed by atoms with Crippen LogP contribution in [-0.4, -0.2) is 32.5 Å². The zero-order valence-electron chi connectivity index (χ0n) is 14.2. The standard InChI is InChI=1S/C18H14BrN5O2S/c1-25-14-4-2-3-12(9-14)17-23-21-15(26-17)10-27-18-20-16(22-24-18)11-5-7-13(19)8-6-11/h2-9H,10H2,1H3,(H,20,22,24).